The number of rotatable bonds is 2. The molecule has 1 N–H and O–H groups in total. The van der Waals surface area contributed by atoms with Crippen LogP contribution >= 0.6 is 15.9 Å². The predicted molar refractivity (Wildman–Crippen MR) is 97.5 cm³/mol. The molecule has 5 atom stereocenters. The van der Waals surface area contributed by atoms with E-state index in [0.29, 0.717) is 11.8 Å². The van der Waals surface area contributed by atoms with Gasteiger partial charge in [-0.15, -0.1) is 0 Å². The summed E-state index contributed by atoms with van der Waals surface area (Å²) in [6.07, 6.45) is 3.62. The Hall–Kier alpha value is -0.870. The van der Waals surface area contributed by atoms with E-state index >= 15 is 0 Å². The first-order valence-electron chi connectivity index (χ1n) is 8.99. The second-order valence-corrected chi connectivity index (χ2v) is 9.35. The molecule has 1 spiro atoms. The predicted octanol–water partition coefficient (Wildman–Crippen LogP) is 4.47. The van der Waals surface area contributed by atoms with Gasteiger partial charge in [0.05, 0.1) is 6.10 Å². The Bertz CT molecular complexity index is 673. The molecule has 1 heterocycles. The van der Waals surface area contributed by atoms with Gasteiger partial charge in [-0.2, -0.15) is 0 Å². The number of hydrogen-bond donors (Lipinski definition) is 1. The third kappa shape index (κ3) is 2.22. The Morgan fingerprint density at radius 1 is 1.33 bits per heavy atom. The number of carbonyl (C=O) groups is 1. The van der Waals surface area contributed by atoms with Gasteiger partial charge < -0.3 is 10.1 Å². The van der Waals surface area contributed by atoms with Crippen molar-refractivity contribution in [2.45, 2.75) is 52.2 Å². The molecular formula is C20H26BrNO2. The van der Waals surface area contributed by atoms with Crippen molar-refractivity contribution in [2.75, 3.05) is 6.61 Å². The Balaban J connectivity index is 1.74. The first-order chi connectivity index (χ1) is 11.4. The van der Waals surface area contributed by atoms with Gasteiger partial charge in [0.15, 0.2) is 0 Å². The highest BCUT2D eigenvalue weighted by molar-refractivity contribution is 9.10. The van der Waals surface area contributed by atoms with E-state index < -0.39 is 0 Å². The number of fused-ring (bicyclic) bond motifs is 1. The van der Waals surface area contributed by atoms with Crippen LogP contribution in [0.5, 0.6) is 0 Å². The Kier molecular flexibility index (Phi) is 3.85. The smallest absolute Gasteiger partial charge is 0.217 e. The zero-order chi connectivity index (χ0) is 17.1. The minimum atomic E-state index is 0.0951. The molecule has 1 amide bonds. The molecule has 3 nitrogen and oxygen atoms in total. The second-order valence-electron chi connectivity index (χ2n) is 8.49. The van der Waals surface area contributed by atoms with E-state index in [2.05, 4.69) is 59.4 Å². The highest BCUT2D eigenvalue weighted by Crippen LogP contribution is 2.70. The third-order valence-corrected chi connectivity index (χ3v) is 7.79. The van der Waals surface area contributed by atoms with Crippen LogP contribution in [0.15, 0.2) is 28.7 Å². The third-order valence-electron chi connectivity index (χ3n) is 7.06. The molecule has 2 bridgehead atoms. The number of benzene rings is 1. The first kappa shape index (κ1) is 16.6. The molecule has 1 aromatic carbocycles. The topological polar surface area (TPSA) is 38.3 Å². The first-order valence-corrected chi connectivity index (χ1v) is 9.79. The fourth-order valence-electron chi connectivity index (χ4n) is 6.00. The summed E-state index contributed by atoms with van der Waals surface area (Å²) in [5.74, 6) is 1.24. The Morgan fingerprint density at radius 3 is 2.79 bits per heavy atom. The average molecular weight is 392 g/mol. The van der Waals surface area contributed by atoms with Gasteiger partial charge in [0.25, 0.3) is 0 Å². The summed E-state index contributed by atoms with van der Waals surface area (Å²) in [6.45, 7) is 7.11. The number of nitrogens with one attached hydrogen (secondary N) is 1. The summed E-state index contributed by atoms with van der Waals surface area (Å²) < 4.78 is 7.41. The largest absolute Gasteiger partial charge is 0.373 e. The van der Waals surface area contributed by atoms with E-state index in [-0.39, 0.29) is 28.9 Å². The molecule has 4 rings (SSSR count). The lowest BCUT2D eigenvalue weighted by molar-refractivity contribution is -0.136. The maximum atomic E-state index is 11.9. The lowest BCUT2D eigenvalue weighted by atomic mass is 9.59. The molecule has 130 valence electrons. The van der Waals surface area contributed by atoms with Crippen LogP contribution in [0.3, 0.4) is 0 Å². The van der Waals surface area contributed by atoms with Gasteiger partial charge in [-0.25, -0.2) is 0 Å². The van der Waals surface area contributed by atoms with E-state index in [0.717, 1.165) is 17.5 Å². The van der Waals surface area contributed by atoms with Gasteiger partial charge in [0.1, 0.15) is 0 Å². The minimum absolute atomic E-state index is 0.0951. The van der Waals surface area contributed by atoms with Crippen molar-refractivity contribution in [1.82, 2.24) is 5.32 Å². The maximum absolute atomic E-state index is 11.9. The van der Waals surface area contributed by atoms with Gasteiger partial charge >= 0.3 is 0 Å². The van der Waals surface area contributed by atoms with Crippen LogP contribution in [0.1, 0.15) is 51.7 Å². The monoisotopic (exact) mass is 391 g/mol. The highest BCUT2D eigenvalue weighted by atomic mass is 79.9. The molecule has 3 aliphatic rings. The summed E-state index contributed by atoms with van der Waals surface area (Å²) in [4.78, 5) is 11.9. The van der Waals surface area contributed by atoms with E-state index in [1.54, 1.807) is 6.92 Å². The van der Waals surface area contributed by atoms with Crippen molar-refractivity contribution in [3.8, 4) is 0 Å². The van der Waals surface area contributed by atoms with Crippen LogP contribution < -0.4 is 5.32 Å². The van der Waals surface area contributed by atoms with Crippen LogP contribution in [0.4, 0.5) is 0 Å². The van der Waals surface area contributed by atoms with Crippen molar-refractivity contribution in [1.29, 1.82) is 0 Å². The van der Waals surface area contributed by atoms with Crippen molar-refractivity contribution in [2.24, 2.45) is 22.7 Å². The number of ether oxygens (including phenoxy) is 1. The Labute approximate surface area is 152 Å². The van der Waals surface area contributed by atoms with Gasteiger partial charge in [0.2, 0.25) is 5.91 Å². The molecule has 0 aromatic heterocycles. The molecule has 24 heavy (non-hydrogen) atoms. The molecule has 1 saturated heterocycles. The minimum Gasteiger partial charge on any atom is -0.373 e. The number of carbonyl (C=O) groups excluding carboxylic acids is 1. The fourth-order valence-corrected chi connectivity index (χ4v) is 6.51. The SMILES string of the molecule is CC(=O)N[C@H]1C(C)(C)[C@@H]2C[C@@H]3[C@@H](c4ccccc4Br)OCCC31C2. The van der Waals surface area contributed by atoms with E-state index in [9.17, 15) is 4.79 Å². The fraction of sp³-hybridized carbons (Fsp3) is 0.650. The molecule has 2 saturated carbocycles. The lowest BCUT2D eigenvalue weighted by Crippen LogP contribution is -2.58. The quantitative estimate of drug-likeness (QED) is 0.807. The van der Waals surface area contributed by atoms with Crippen molar-refractivity contribution in [3.63, 3.8) is 0 Å². The number of amides is 1. The molecule has 0 radical (unpaired) electrons. The molecule has 2 aliphatic carbocycles. The van der Waals surface area contributed by atoms with Crippen molar-refractivity contribution < 1.29 is 9.53 Å². The highest BCUT2D eigenvalue weighted by Gasteiger charge is 2.68. The second kappa shape index (κ2) is 5.57. The van der Waals surface area contributed by atoms with Crippen molar-refractivity contribution >= 4 is 21.8 Å². The summed E-state index contributed by atoms with van der Waals surface area (Å²) in [6, 6.07) is 8.67. The molecule has 1 aliphatic heterocycles. The van der Waals surface area contributed by atoms with E-state index in [1.807, 2.05) is 0 Å². The van der Waals surface area contributed by atoms with Crippen LogP contribution in [0, 0.1) is 22.7 Å². The zero-order valence-corrected chi connectivity index (χ0v) is 16.2. The van der Waals surface area contributed by atoms with E-state index in [1.165, 1.54) is 18.4 Å². The molecule has 1 aromatic rings. The molecule has 4 heteroatoms. The Morgan fingerprint density at radius 2 is 2.08 bits per heavy atom. The van der Waals surface area contributed by atoms with Crippen molar-refractivity contribution in [3.05, 3.63) is 34.3 Å². The zero-order valence-electron chi connectivity index (χ0n) is 14.6. The number of halogens is 1. The van der Waals surface area contributed by atoms with Crippen LogP contribution in [0.25, 0.3) is 0 Å². The maximum Gasteiger partial charge on any atom is 0.217 e. The lowest BCUT2D eigenvalue weighted by Gasteiger charge is -2.53. The van der Waals surface area contributed by atoms with Crippen LogP contribution in [-0.2, 0) is 9.53 Å². The van der Waals surface area contributed by atoms with Crippen LogP contribution in [0.2, 0.25) is 0 Å². The molecule has 3 fully saturated rings. The molecule has 1 unspecified atom stereocenters. The summed E-state index contributed by atoms with van der Waals surface area (Å²) in [5, 5.41) is 3.33. The van der Waals surface area contributed by atoms with Gasteiger partial charge in [-0.05, 0) is 53.6 Å². The van der Waals surface area contributed by atoms with Gasteiger partial charge in [-0.3, -0.25) is 4.79 Å². The average Bonchev–Trinajstić information content (AvgIpc) is 3.01. The number of hydrogen-bond acceptors (Lipinski definition) is 2. The summed E-state index contributed by atoms with van der Waals surface area (Å²) in [5.41, 5.74) is 1.60. The summed E-state index contributed by atoms with van der Waals surface area (Å²) in [7, 11) is 0. The normalized spacial score (nSPS) is 39.5. The summed E-state index contributed by atoms with van der Waals surface area (Å²) >= 11 is 3.71. The van der Waals surface area contributed by atoms with Gasteiger partial charge in [-0.1, -0.05) is 48.0 Å². The van der Waals surface area contributed by atoms with Crippen LogP contribution in [-0.4, -0.2) is 18.6 Å². The van der Waals surface area contributed by atoms with Gasteiger partial charge in [0, 0.05) is 24.0 Å². The molecular weight excluding hydrogens is 366 g/mol. The standard InChI is InChI=1S/C20H26BrNO2/c1-12(23)22-18-19(2,3)13-10-15-17(14-6-4-5-7-16(14)21)24-9-8-20(15,18)11-13/h4-7,13,15,17-18H,8-11H2,1-3H3,(H,22,23)/t13-,15-,17-,18+,20?/m1/s1. The van der Waals surface area contributed by atoms with E-state index in [4.69, 9.17) is 4.74 Å².